The monoisotopic (exact) mass is 551 g/mol. The highest BCUT2D eigenvalue weighted by atomic mass is 19.3. The number of carbonyl (C=O) groups is 2. The second kappa shape index (κ2) is 9.51. The fraction of sp³-hybridized carbons (Fsp3) is 0.433. The highest BCUT2D eigenvalue weighted by molar-refractivity contribution is 5.97. The average molecular weight is 552 g/mol. The van der Waals surface area contributed by atoms with E-state index in [1.165, 1.54) is 18.2 Å². The van der Waals surface area contributed by atoms with Gasteiger partial charge in [-0.3, -0.25) is 4.79 Å². The molecule has 1 saturated heterocycles. The molecule has 1 fully saturated rings. The second-order valence-corrected chi connectivity index (χ2v) is 11.3. The molecule has 3 aliphatic heterocycles. The lowest BCUT2D eigenvalue weighted by molar-refractivity contribution is -0.0507. The molecule has 3 aliphatic rings. The number of imidazole rings is 1. The molecule has 0 aliphatic carbocycles. The van der Waals surface area contributed by atoms with Crippen molar-refractivity contribution in [2.24, 2.45) is 5.92 Å². The zero-order valence-corrected chi connectivity index (χ0v) is 22.3. The number of rotatable bonds is 2. The van der Waals surface area contributed by atoms with Crippen molar-refractivity contribution in [3.8, 4) is 17.6 Å². The van der Waals surface area contributed by atoms with Crippen molar-refractivity contribution >= 4 is 23.0 Å². The minimum Gasteiger partial charge on any atom is -0.444 e. The van der Waals surface area contributed by atoms with Gasteiger partial charge in [-0.15, -0.1) is 0 Å². The summed E-state index contributed by atoms with van der Waals surface area (Å²) in [5.41, 5.74) is 1.48. The van der Waals surface area contributed by atoms with Gasteiger partial charge in [0.15, 0.2) is 0 Å². The summed E-state index contributed by atoms with van der Waals surface area (Å²) in [6.07, 6.45) is 0.482. The number of carbonyl (C=O) groups excluding carboxylic acids is 2. The SMILES string of the molecule is [2H]C([2H])([2H])N1C(=O)c2cccc(OC(F)F)c2[C@H]2C[C@@H]1c1nc3ccc(C#CC4CCN(C(=O)OC(C)(C)C)C4)cc3n12. The largest absolute Gasteiger partial charge is 0.444 e. The molecule has 0 saturated carbocycles. The number of hydrogen-bond donors (Lipinski definition) is 0. The first-order valence-electron chi connectivity index (χ1n) is 14.6. The molecule has 208 valence electrons. The van der Waals surface area contributed by atoms with Gasteiger partial charge in [-0.2, -0.15) is 8.78 Å². The first kappa shape index (κ1) is 22.7. The number of halogens is 2. The summed E-state index contributed by atoms with van der Waals surface area (Å²) in [5, 5.41) is 0. The van der Waals surface area contributed by atoms with Crippen LogP contribution in [0.25, 0.3) is 11.0 Å². The molecular weight excluding hydrogens is 518 g/mol. The lowest BCUT2D eigenvalue weighted by atomic mass is 9.97. The Morgan fingerprint density at radius 1 is 1.23 bits per heavy atom. The number of aromatic nitrogens is 2. The zero-order valence-electron chi connectivity index (χ0n) is 25.3. The van der Waals surface area contributed by atoms with Crippen LogP contribution in [-0.4, -0.2) is 63.6 Å². The Kier molecular flexibility index (Phi) is 5.39. The minimum atomic E-state index is -3.14. The number of nitrogens with zero attached hydrogens (tertiary/aromatic N) is 4. The van der Waals surface area contributed by atoms with Gasteiger partial charge in [-0.05, 0) is 57.5 Å². The molecule has 3 aromatic rings. The minimum absolute atomic E-state index is 0.000922. The smallest absolute Gasteiger partial charge is 0.410 e. The van der Waals surface area contributed by atoms with E-state index in [0.717, 1.165) is 4.90 Å². The van der Waals surface area contributed by atoms with Crippen molar-refractivity contribution in [1.82, 2.24) is 19.4 Å². The molecule has 1 aromatic heterocycles. The Morgan fingerprint density at radius 3 is 2.80 bits per heavy atom. The fourth-order valence-corrected chi connectivity index (χ4v) is 5.74. The predicted molar refractivity (Wildman–Crippen MR) is 143 cm³/mol. The van der Waals surface area contributed by atoms with Crippen molar-refractivity contribution in [2.45, 2.75) is 57.9 Å². The molecule has 2 bridgehead atoms. The molecule has 4 heterocycles. The normalized spacial score (nSPS) is 23.1. The van der Waals surface area contributed by atoms with Gasteiger partial charge in [0.2, 0.25) is 0 Å². The van der Waals surface area contributed by atoms with Crippen molar-refractivity contribution in [3.63, 3.8) is 0 Å². The first-order valence-corrected chi connectivity index (χ1v) is 13.1. The standard InChI is InChI=1S/C30H30F2N4O4/c1-30(2,3)40-29(38)35-13-12-18(16-35)9-8-17-10-11-20-21(14-17)36-22-15-23(26(36)33-20)34(4)27(37)19-6-5-7-24(25(19)22)39-28(31)32/h5-7,10-11,14,18,22-23,28H,12-13,15-16H2,1-4H3/t18?,22-,23-/m1/s1/i4D3. The van der Waals surface area contributed by atoms with Crippen LogP contribution in [0.2, 0.25) is 0 Å². The summed E-state index contributed by atoms with van der Waals surface area (Å²) < 4.78 is 63.4. The summed E-state index contributed by atoms with van der Waals surface area (Å²) in [6, 6.07) is 8.01. The molecule has 0 spiro atoms. The van der Waals surface area contributed by atoms with Crippen LogP contribution in [0.1, 0.15) is 77.1 Å². The lowest BCUT2D eigenvalue weighted by Crippen LogP contribution is -2.35. The number of benzene rings is 2. The Labute approximate surface area is 235 Å². The average Bonchev–Trinajstić information content (AvgIpc) is 3.58. The van der Waals surface area contributed by atoms with E-state index in [2.05, 4.69) is 11.8 Å². The molecule has 8 nitrogen and oxygen atoms in total. The molecule has 40 heavy (non-hydrogen) atoms. The van der Waals surface area contributed by atoms with Gasteiger partial charge in [-0.25, -0.2) is 9.78 Å². The number of fused-ring (bicyclic) bond motifs is 9. The van der Waals surface area contributed by atoms with Crippen molar-refractivity contribution in [3.05, 3.63) is 58.9 Å². The van der Waals surface area contributed by atoms with Crippen molar-refractivity contribution in [2.75, 3.05) is 20.1 Å². The maximum absolute atomic E-state index is 13.6. The van der Waals surface area contributed by atoms with Crippen LogP contribution < -0.4 is 4.74 Å². The molecule has 10 heteroatoms. The van der Waals surface area contributed by atoms with Crippen LogP contribution in [0.4, 0.5) is 13.6 Å². The van der Waals surface area contributed by atoms with Crippen LogP contribution in [0, 0.1) is 17.8 Å². The lowest BCUT2D eigenvalue weighted by Gasteiger charge is -2.24. The predicted octanol–water partition coefficient (Wildman–Crippen LogP) is 5.37. The summed E-state index contributed by atoms with van der Waals surface area (Å²) in [6.45, 7) is 0.532. The number of alkyl halides is 2. The molecular formula is C30H30F2N4O4. The van der Waals surface area contributed by atoms with E-state index in [1.54, 1.807) is 17.0 Å². The fourth-order valence-electron chi connectivity index (χ4n) is 5.74. The molecule has 1 unspecified atom stereocenters. The van der Waals surface area contributed by atoms with Gasteiger partial charge in [0.1, 0.15) is 17.2 Å². The third-order valence-corrected chi connectivity index (χ3v) is 7.41. The van der Waals surface area contributed by atoms with E-state index >= 15 is 0 Å². The van der Waals surface area contributed by atoms with E-state index in [4.69, 9.17) is 18.6 Å². The third kappa shape index (κ3) is 4.53. The van der Waals surface area contributed by atoms with E-state index in [9.17, 15) is 18.4 Å². The Morgan fingerprint density at radius 2 is 2.05 bits per heavy atom. The molecule has 0 N–H and O–H groups in total. The highest BCUT2D eigenvalue weighted by Gasteiger charge is 2.45. The van der Waals surface area contributed by atoms with Gasteiger partial charge in [-0.1, -0.05) is 17.9 Å². The van der Waals surface area contributed by atoms with Crippen molar-refractivity contribution in [1.29, 1.82) is 0 Å². The summed E-state index contributed by atoms with van der Waals surface area (Å²) in [4.78, 5) is 33.2. The van der Waals surface area contributed by atoms with Gasteiger partial charge in [0, 0.05) is 53.2 Å². The number of amides is 2. The number of likely N-dealkylation sites (tertiary alicyclic amines) is 1. The van der Waals surface area contributed by atoms with Crippen LogP contribution in [0.5, 0.6) is 5.75 Å². The van der Waals surface area contributed by atoms with Crippen molar-refractivity contribution < 1.29 is 32.0 Å². The molecule has 3 atom stereocenters. The van der Waals surface area contributed by atoms with Crippen LogP contribution in [0.15, 0.2) is 36.4 Å². The van der Waals surface area contributed by atoms with E-state index < -0.39 is 37.2 Å². The zero-order chi connectivity index (χ0) is 30.8. The molecule has 2 amide bonds. The Bertz CT molecular complexity index is 1690. The quantitative estimate of drug-likeness (QED) is 0.401. The van der Waals surface area contributed by atoms with Gasteiger partial charge < -0.3 is 23.8 Å². The van der Waals surface area contributed by atoms with Crippen LogP contribution in [-0.2, 0) is 4.74 Å². The second-order valence-electron chi connectivity index (χ2n) is 11.3. The summed E-state index contributed by atoms with van der Waals surface area (Å²) >= 11 is 0. The van der Waals surface area contributed by atoms with Crippen LogP contribution in [0.3, 0.4) is 0 Å². The molecule has 2 aromatic carbocycles. The maximum atomic E-state index is 13.6. The topological polar surface area (TPSA) is 76.9 Å². The first-order chi connectivity index (χ1) is 20.2. The van der Waals surface area contributed by atoms with E-state index in [-0.39, 0.29) is 35.3 Å². The molecule has 0 radical (unpaired) electrons. The van der Waals surface area contributed by atoms with Gasteiger partial charge >= 0.3 is 12.7 Å². The summed E-state index contributed by atoms with van der Waals surface area (Å²) in [7, 11) is 0. The highest BCUT2D eigenvalue weighted by Crippen LogP contribution is 2.50. The van der Waals surface area contributed by atoms with E-state index in [1.807, 2.05) is 31.4 Å². The number of hydrogen-bond acceptors (Lipinski definition) is 5. The van der Waals surface area contributed by atoms with Gasteiger partial charge in [0.25, 0.3) is 5.91 Å². The van der Waals surface area contributed by atoms with Crippen LogP contribution >= 0.6 is 0 Å². The third-order valence-electron chi connectivity index (χ3n) is 7.41. The Hall–Kier alpha value is -4.13. The summed E-state index contributed by atoms with van der Waals surface area (Å²) in [5.74, 6) is 5.78. The Balaban J connectivity index is 1.38. The maximum Gasteiger partial charge on any atom is 0.410 e. The van der Waals surface area contributed by atoms with Gasteiger partial charge in [0.05, 0.1) is 23.1 Å². The van der Waals surface area contributed by atoms with E-state index in [0.29, 0.717) is 41.9 Å². The number of ether oxygens (including phenoxy) is 2. The molecule has 6 rings (SSSR count).